The largest absolute Gasteiger partial charge is 0.487 e. The van der Waals surface area contributed by atoms with Gasteiger partial charge in [0.15, 0.2) is 0 Å². The van der Waals surface area contributed by atoms with E-state index in [2.05, 4.69) is 17.1 Å². The second-order valence-corrected chi connectivity index (χ2v) is 8.22. The first-order valence-corrected chi connectivity index (χ1v) is 10.9. The first-order valence-electron chi connectivity index (χ1n) is 10.9. The number of rotatable bonds is 10. The minimum atomic E-state index is -0.935. The van der Waals surface area contributed by atoms with Gasteiger partial charge < -0.3 is 14.0 Å². The van der Waals surface area contributed by atoms with Crippen molar-refractivity contribution in [3.63, 3.8) is 0 Å². The molecule has 1 amide bonds. The molecule has 33 heavy (non-hydrogen) atoms. The summed E-state index contributed by atoms with van der Waals surface area (Å²) < 4.78 is 13.2. The lowest BCUT2D eigenvalue weighted by molar-refractivity contribution is -0.152. The van der Waals surface area contributed by atoms with E-state index < -0.39 is 23.2 Å². The van der Waals surface area contributed by atoms with E-state index in [4.69, 9.17) is 14.7 Å². The number of amides is 1. The summed E-state index contributed by atoms with van der Waals surface area (Å²) >= 11 is 0. The molecule has 1 fully saturated rings. The molecule has 1 aliphatic rings. The first-order chi connectivity index (χ1) is 16.1. The first kappa shape index (κ1) is 22.5. The molecule has 2 N–H and O–H groups in total. The fraction of sp³-hybridized carbons (Fsp3) is 0.320. The van der Waals surface area contributed by atoms with Gasteiger partial charge in [-0.25, -0.2) is 10.5 Å². The molecule has 8 heteroatoms. The van der Waals surface area contributed by atoms with Gasteiger partial charge in [0.25, 0.3) is 0 Å². The number of imidazole rings is 1. The number of ether oxygens (including phenoxy) is 2. The third-order valence-corrected chi connectivity index (χ3v) is 6.01. The second kappa shape index (κ2) is 9.87. The molecule has 1 aromatic heterocycles. The predicted molar refractivity (Wildman–Crippen MR) is 119 cm³/mol. The smallest absolute Gasteiger partial charge is 0.313 e. The fourth-order valence-electron chi connectivity index (χ4n) is 4.11. The third-order valence-electron chi connectivity index (χ3n) is 6.01. The Balaban J connectivity index is 1.38. The number of carbonyl (C=O) groups is 2. The number of hydrogen-bond acceptors (Lipinski definition) is 6. The van der Waals surface area contributed by atoms with Gasteiger partial charge in [0.1, 0.15) is 12.4 Å². The minimum Gasteiger partial charge on any atom is -0.487 e. The van der Waals surface area contributed by atoms with Gasteiger partial charge in [0, 0.05) is 6.54 Å². The van der Waals surface area contributed by atoms with Crippen LogP contribution in [0.15, 0.2) is 67.1 Å². The van der Waals surface area contributed by atoms with Crippen molar-refractivity contribution in [2.75, 3.05) is 6.61 Å². The number of nitrogens with zero attached hydrogens (tertiary/aromatic N) is 2. The number of aromatic nitrogens is 2. The number of benzene rings is 2. The van der Waals surface area contributed by atoms with Gasteiger partial charge in [0.2, 0.25) is 5.91 Å². The van der Waals surface area contributed by atoms with E-state index in [1.165, 1.54) is 5.56 Å². The number of carbonyl (C=O) groups excluding carboxylic acids is 2. The molecule has 1 aliphatic carbocycles. The molecule has 0 aliphatic heterocycles. The third kappa shape index (κ3) is 5.06. The average molecular weight is 450 g/mol. The summed E-state index contributed by atoms with van der Waals surface area (Å²) in [6, 6.07) is 17.6. The van der Waals surface area contributed by atoms with Crippen LogP contribution in [0.4, 0.5) is 0 Å². The highest BCUT2D eigenvalue weighted by molar-refractivity contribution is 5.93. The summed E-state index contributed by atoms with van der Waals surface area (Å²) in [6.07, 6.45) is 4.29. The molecule has 8 nitrogen and oxygen atoms in total. The van der Waals surface area contributed by atoms with Crippen molar-refractivity contribution < 1.29 is 24.3 Å². The van der Waals surface area contributed by atoms with Crippen LogP contribution < -0.4 is 10.2 Å². The van der Waals surface area contributed by atoms with E-state index in [-0.39, 0.29) is 6.61 Å². The summed E-state index contributed by atoms with van der Waals surface area (Å²) in [5, 5.41) is 8.96. The van der Waals surface area contributed by atoms with Crippen molar-refractivity contribution in [3.05, 3.63) is 83.9 Å². The Labute approximate surface area is 192 Å². The Morgan fingerprint density at radius 3 is 2.61 bits per heavy atom. The Hall–Kier alpha value is -3.65. The maximum atomic E-state index is 12.5. The van der Waals surface area contributed by atoms with Crippen LogP contribution in [0, 0.1) is 11.3 Å². The van der Waals surface area contributed by atoms with Gasteiger partial charge in [0.05, 0.1) is 36.2 Å². The SMILES string of the molecule is CCOC(=O)[C@@]1(Cc2ccc(OCc3cncn3Cc3ccccc3)cc2)C[C@@H]1C(=O)NO. The standard InChI is InChI=1S/C25H27N3O5/c1-2-32-24(30)25(13-22(25)23(29)27-31)12-18-8-10-21(11-9-18)33-16-20-14-26-17-28(20)15-19-6-4-3-5-7-19/h3-11,14,17,22,31H,2,12-13,15-16H2,1H3,(H,27,29)/t22-,25+/m1/s1. The molecule has 4 rings (SSSR count). The maximum Gasteiger partial charge on any atom is 0.313 e. The monoisotopic (exact) mass is 449 g/mol. The van der Waals surface area contributed by atoms with Gasteiger partial charge in [-0.3, -0.25) is 14.8 Å². The van der Waals surface area contributed by atoms with Crippen LogP contribution in [0.2, 0.25) is 0 Å². The maximum absolute atomic E-state index is 12.5. The summed E-state index contributed by atoms with van der Waals surface area (Å²) in [7, 11) is 0. The van der Waals surface area contributed by atoms with Gasteiger partial charge >= 0.3 is 5.97 Å². The van der Waals surface area contributed by atoms with Gasteiger partial charge in [-0.05, 0) is 43.0 Å². The van der Waals surface area contributed by atoms with Crippen LogP contribution in [-0.2, 0) is 33.9 Å². The van der Waals surface area contributed by atoms with E-state index in [0.29, 0.717) is 25.2 Å². The van der Waals surface area contributed by atoms with E-state index >= 15 is 0 Å². The lowest BCUT2D eigenvalue weighted by Gasteiger charge is -2.16. The Kier molecular flexibility index (Phi) is 6.74. The molecule has 1 saturated carbocycles. The molecule has 0 saturated heterocycles. The molecular formula is C25H27N3O5. The Bertz CT molecular complexity index is 1100. The Morgan fingerprint density at radius 2 is 1.91 bits per heavy atom. The van der Waals surface area contributed by atoms with Crippen LogP contribution in [0.1, 0.15) is 30.2 Å². The summed E-state index contributed by atoms with van der Waals surface area (Å²) in [5.74, 6) is -0.875. The van der Waals surface area contributed by atoms with Crippen molar-refractivity contribution in [2.45, 2.75) is 32.9 Å². The number of hydroxylamine groups is 1. The number of nitrogens with one attached hydrogen (secondary N) is 1. The van der Waals surface area contributed by atoms with Crippen LogP contribution >= 0.6 is 0 Å². The molecule has 172 valence electrons. The molecule has 3 aromatic rings. The topological polar surface area (TPSA) is 103 Å². The van der Waals surface area contributed by atoms with Crippen LogP contribution in [0.5, 0.6) is 5.75 Å². The van der Waals surface area contributed by atoms with Crippen molar-refractivity contribution in [1.82, 2.24) is 15.0 Å². The zero-order chi connectivity index (χ0) is 23.3. The minimum absolute atomic E-state index is 0.238. The molecule has 0 bridgehead atoms. The lowest BCUT2D eigenvalue weighted by atomic mass is 9.93. The zero-order valence-corrected chi connectivity index (χ0v) is 18.4. The highest BCUT2D eigenvalue weighted by Crippen LogP contribution is 2.55. The van der Waals surface area contributed by atoms with Crippen molar-refractivity contribution in [2.24, 2.45) is 11.3 Å². The molecule has 2 aromatic carbocycles. The van der Waals surface area contributed by atoms with Gasteiger partial charge in [-0.2, -0.15) is 0 Å². The number of esters is 1. The summed E-state index contributed by atoms with van der Waals surface area (Å²) in [5.41, 5.74) is 3.74. The molecule has 0 radical (unpaired) electrons. The molecule has 0 unspecified atom stereocenters. The molecular weight excluding hydrogens is 422 g/mol. The van der Waals surface area contributed by atoms with Crippen LogP contribution in [0.3, 0.4) is 0 Å². The predicted octanol–water partition coefficient (Wildman–Crippen LogP) is 3.13. The van der Waals surface area contributed by atoms with Crippen molar-refractivity contribution in [1.29, 1.82) is 0 Å². The molecule has 2 atom stereocenters. The van der Waals surface area contributed by atoms with Crippen molar-refractivity contribution >= 4 is 11.9 Å². The van der Waals surface area contributed by atoms with Crippen LogP contribution in [0.25, 0.3) is 0 Å². The quantitative estimate of drug-likeness (QED) is 0.280. The normalized spacial score (nSPS) is 19.0. The van der Waals surface area contributed by atoms with E-state index in [0.717, 1.165) is 17.8 Å². The highest BCUT2D eigenvalue weighted by atomic mass is 16.5. The van der Waals surface area contributed by atoms with Gasteiger partial charge in [-0.1, -0.05) is 42.5 Å². The molecule has 0 spiro atoms. The average Bonchev–Trinajstić information content (AvgIpc) is 3.41. The van der Waals surface area contributed by atoms with Crippen LogP contribution in [-0.4, -0.2) is 33.2 Å². The zero-order valence-electron chi connectivity index (χ0n) is 18.4. The second-order valence-electron chi connectivity index (χ2n) is 8.22. The fourth-order valence-corrected chi connectivity index (χ4v) is 4.11. The van der Waals surface area contributed by atoms with E-state index in [1.54, 1.807) is 24.9 Å². The molecule has 1 heterocycles. The number of hydrogen-bond donors (Lipinski definition) is 2. The van der Waals surface area contributed by atoms with Gasteiger partial charge in [-0.15, -0.1) is 0 Å². The highest BCUT2D eigenvalue weighted by Gasteiger charge is 2.64. The Morgan fingerprint density at radius 1 is 1.15 bits per heavy atom. The van der Waals surface area contributed by atoms with E-state index in [1.807, 2.05) is 47.0 Å². The lowest BCUT2D eigenvalue weighted by Crippen LogP contribution is -2.30. The van der Waals surface area contributed by atoms with Crippen molar-refractivity contribution in [3.8, 4) is 5.75 Å². The van der Waals surface area contributed by atoms with E-state index in [9.17, 15) is 9.59 Å². The summed E-state index contributed by atoms with van der Waals surface area (Å²) in [4.78, 5) is 28.6. The summed E-state index contributed by atoms with van der Waals surface area (Å²) in [6.45, 7) is 3.06.